The Morgan fingerprint density at radius 2 is 2.27 bits per heavy atom. The summed E-state index contributed by atoms with van der Waals surface area (Å²) in [4.78, 5) is 16.2. The Balaban J connectivity index is 0.00000121. The highest BCUT2D eigenvalue weighted by atomic mass is 35.5. The molecule has 0 aromatic carbocycles. The number of halogens is 2. The van der Waals surface area contributed by atoms with Crippen LogP contribution < -0.4 is 10.6 Å². The number of aromatic nitrogens is 3. The predicted octanol–water partition coefficient (Wildman–Crippen LogP) is 2.05. The fourth-order valence-electron chi connectivity index (χ4n) is 2.36. The van der Waals surface area contributed by atoms with E-state index in [9.17, 15) is 4.79 Å². The van der Waals surface area contributed by atoms with Crippen LogP contribution in [0.1, 0.15) is 12.8 Å². The van der Waals surface area contributed by atoms with Gasteiger partial charge in [0.05, 0.1) is 11.9 Å². The molecule has 1 saturated heterocycles. The second-order valence-electron chi connectivity index (χ2n) is 4.97. The maximum atomic E-state index is 11.9. The van der Waals surface area contributed by atoms with Gasteiger partial charge in [0.2, 0.25) is 5.91 Å². The molecule has 2 aromatic rings. The first-order valence-corrected chi connectivity index (χ1v) is 6.78. The second kappa shape index (κ2) is 8.73. The third-order valence-corrected chi connectivity index (χ3v) is 3.41. The Hall–Kier alpha value is -1.63. The number of rotatable bonds is 4. The molecule has 1 aliphatic rings. The maximum Gasteiger partial charge on any atom is 0.224 e. The lowest BCUT2D eigenvalue weighted by atomic mass is 10.0. The quantitative estimate of drug-likeness (QED) is 0.891. The highest BCUT2D eigenvalue weighted by Gasteiger charge is 2.18. The van der Waals surface area contributed by atoms with Crippen molar-refractivity contribution in [3.63, 3.8) is 0 Å². The van der Waals surface area contributed by atoms with Crippen molar-refractivity contribution >= 4 is 36.4 Å². The fraction of sp³-hybridized carbons (Fsp3) is 0.357. The number of carbonyl (C=O) groups is 1. The number of pyridine rings is 1. The molecule has 3 rings (SSSR count). The van der Waals surface area contributed by atoms with Gasteiger partial charge >= 0.3 is 0 Å². The number of hydrogen-bond donors (Lipinski definition) is 2. The van der Waals surface area contributed by atoms with Crippen molar-refractivity contribution in [3.8, 4) is 5.82 Å². The monoisotopic (exact) mass is 343 g/mol. The van der Waals surface area contributed by atoms with Crippen LogP contribution in [0.4, 0.5) is 5.69 Å². The van der Waals surface area contributed by atoms with Crippen molar-refractivity contribution in [2.75, 3.05) is 18.4 Å². The van der Waals surface area contributed by atoms with Gasteiger partial charge in [-0.2, -0.15) is 5.10 Å². The van der Waals surface area contributed by atoms with Crippen molar-refractivity contribution in [3.05, 3.63) is 36.8 Å². The molecule has 0 radical (unpaired) electrons. The summed E-state index contributed by atoms with van der Waals surface area (Å²) >= 11 is 0. The van der Waals surface area contributed by atoms with E-state index in [1.807, 2.05) is 24.4 Å². The molecule has 120 valence electrons. The summed E-state index contributed by atoms with van der Waals surface area (Å²) < 4.78 is 1.68. The van der Waals surface area contributed by atoms with E-state index < -0.39 is 0 Å². The molecule has 6 nitrogen and oxygen atoms in total. The number of amides is 1. The number of nitrogens with one attached hydrogen (secondary N) is 2. The van der Waals surface area contributed by atoms with Crippen molar-refractivity contribution in [1.82, 2.24) is 20.1 Å². The highest BCUT2D eigenvalue weighted by molar-refractivity contribution is 5.90. The molecular formula is C14H19Cl2N5O. The Labute approximate surface area is 141 Å². The molecular weight excluding hydrogens is 325 g/mol. The highest BCUT2D eigenvalue weighted by Crippen LogP contribution is 2.14. The Morgan fingerprint density at radius 3 is 2.86 bits per heavy atom. The molecule has 1 amide bonds. The summed E-state index contributed by atoms with van der Waals surface area (Å²) in [6.45, 7) is 1.95. The number of anilines is 1. The van der Waals surface area contributed by atoms with E-state index in [0.29, 0.717) is 12.3 Å². The molecule has 8 heteroatoms. The average Bonchev–Trinajstić information content (AvgIpc) is 3.12. The summed E-state index contributed by atoms with van der Waals surface area (Å²) in [5.41, 5.74) is 0.719. The van der Waals surface area contributed by atoms with E-state index in [4.69, 9.17) is 0 Å². The van der Waals surface area contributed by atoms with Gasteiger partial charge in [-0.25, -0.2) is 9.67 Å². The van der Waals surface area contributed by atoms with Crippen LogP contribution >= 0.6 is 24.8 Å². The summed E-state index contributed by atoms with van der Waals surface area (Å²) in [7, 11) is 0. The molecule has 3 heterocycles. The van der Waals surface area contributed by atoms with Crippen LogP contribution in [0.3, 0.4) is 0 Å². The fourth-order valence-corrected chi connectivity index (χ4v) is 2.36. The van der Waals surface area contributed by atoms with E-state index in [2.05, 4.69) is 20.7 Å². The van der Waals surface area contributed by atoms with Crippen molar-refractivity contribution in [2.45, 2.75) is 12.8 Å². The van der Waals surface area contributed by atoms with Crippen molar-refractivity contribution in [2.24, 2.45) is 5.92 Å². The lowest BCUT2D eigenvalue weighted by Gasteiger charge is -2.09. The maximum absolute atomic E-state index is 11.9. The number of nitrogens with zero attached hydrogens (tertiary/aromatic N) is 3. The summed E-state index contributed by atoms with van der Waals surface area (Å²) in [5.74, 6) is 1.23. The second-order valence-corrected chi connectivity index (χ2v) is 4.97. The summed E-state index contributed by atoms with van der Waals surface area (Å²) in [6, 6.07) is 5.52. The minimum Gasteiger partial charge on any atom is -0.325 e. The van der Waals surface area contributed by atoms with Gasteiger partial charge in [0.1, 0.15) is 0 Å². The van der Waals surface area contributed by atoms with Gasteiger partial charge < -0.3 is 10.6 Å². The van der Waals surface area contributed by atoms with Crippen LogP contribution in [0.2, 0.25) is 0 Å². The van der Waals surface area contributed by atoms with Gasteiger partial charge in [-0.3, -0.25) is 4.79 Å². The molecule has 2 aromatic heterocycles. The normalized spacial score (nSPS) is 16.5. The van der Waals surface area contributed by atoms with E-state index in [-0.39, 0.29) is 30.7 Å². The van der Waals surface area contributed by atoms with Gasteiger partial charge in [0.15, 0.2) is 5.82 Å². The molecule has 0 aliphatic carbocycles. The molecule has 1 fully saturated rings. The van der Waals surface area contributed by atoms with Gasteiger partial charge in [-0.05, 0) is 43.6 Å². The first-order valence-electron chi connectivity index (χ1n) is 6.78. The van der Waals surface area contributed by atoms with Crippen LogP contribution in [0.25, 0.3) is 5.82 Å². The largest absolute Gasteiger partial charge is 0.325 e. The van der Waals surface area contributed by atoms with Crippen LogP contribution in [-0.2, 0) is 4.79 Å². The lowest BCUT2D eigenvalue weighted by Crippen LogP contribution is -2.18. The minimum absolute atomic E-state index is 0. The van der Waals surface area contributed by atoms with Gasteiger partial charge in [0, 0.05) is 18.8 Å². The third-order valence-electron chi connectivity index (χ3n) is 3.41. The van der Waals surface area contributed by atoms with E-state index in [0.717, 1.165) is 31.0 Å². The molecule has 0 saturated carbocycles. The molecule has 0 bridgehead atoms. The molecule has 1 atom stereocenters. The van der Waals surface area contributed by atoms with Crippen LogP contribution in [0, 0.1) is 5.92 Å². The smallest absolute Gasteiger partial charge is 0.224 e. The van der Waals surface area contributed by atoms with E-state index >= 15 is 0 Å². The molecule has 2 N–H and O–H groups in total. The average molecular weight is 344 g/mol. The summed E-state index contributed by atoms with van der Waals surface area (Å²) in [5, 5.41) is 10.3. The molecule has 1 unspecified atom stereocenters. The minimum atomic E-state index is 0. The first kappa shape index (κ1) is 18.4. The Bertz CT molecular complexity index is 567. The van der Waals surface area contributed by atoms with Crippen LogP contribution in [0.5, 0.6) is 0 Å². The third kappa shape index (κ3) is 4.69. The van der Waals surface area contributed by atoms with Gasteiger partial charge in [-0.15, -0.1) is 24.8 Å². The zero-order valence-electron chi connectivity index (χ0n) is 11.9. The zero-order valence-corrected chi connectivity index (χ0v) is 13.6. The van der Waals surface area contributed by atoms with Crippen LogP contribution in [0.15, 0.2) is 36.8 Å². The molecule has 0 spiro atoms. The SMILES string of the molecule is Cl.Cl.O=C(CC1CCNC1)Nc1ccc(-n2cccn2)nc1. The van der Waals surface area contributed by atoms with Gasteiger partial charge in [0.25, 0.3) is 0 Å². The van der Waals surface area contributed by atoms with E-state index in [1.54, 1.807) is 17.1 Å². The number of hydrogen-bond acceptors (Lipinski definition) is 4. The topological polar surface area (TPSA) is 71.8 Å². The van der Waals surface area contributed by atoms with E-state index in [1.165, 1.54) is 0 Å². The summed E-state index contributed by atoms with van der Waals surface area (Å²) in [6.07, 6.45) is 6.82. The Kier molecular flexibility index (Phi) is 7.31. The zero-order chi connectivity index (χ0) is 13.8. The molecule has 22 heavy (non-hydrogen) atoms. The van der Waals surface area contributed by atoms with Crippen LogP contribution in [-0.4, -0.2) is 33.8 Å². The predicted molar refractivity (Wildman–Crippen MR) is 90.1 cm³/mol. The lowest BCUT2D eigenvalue weighted by molar-refractivity contribution is -0.116. The number of carbonyl (C=O) groups excluding carboxylic acids is 1. The van der Waals surface area contributed by atoms with Crippen molar-refractivity contribution in [1.29, 1.82) is 0 Å². The Morgan fingerprint density at radius 1 is 1.41 bits per heavy atom. The van der Waals surface area contributed by atoms with Gasteiger partial charge in [-0.1, -0.05) is 0 Å². The van der Waals surface area contributed by atoms with Crippen molar-refractivity contribution < 1.29 is 4.79 Å². The first-order chi connectivity index (χ1) is 9.81. The standard InChI is InChI=1S/C14H17N5O.2ClH/c20-14(8-11-4-6-15-9-11)18-12-2-3-13(16-10-12)19-7-1-5-17-19;;/h1-3,5,7,10-11,15H,4,6,8-9H2,(H,18,20);2*1H. The molecule has 1 aliphatic heterocycles.